The number of hydrogen-bond donors (Lipinski definition) is 1. The van der Waals surface area contributed by atoms with Crippen LogP contribution in [0.4, 0.5) is 0 Å². The normalized spacial score (nSPS) is 12.2. The first-order valence-corrected chi connectivity index (χ1v) is 6.94. The molecule has 2 aromatic rings. The smallest absolute Gasteiger partial charge is 0.255 e. The van der Waals surface area contributed by atoms with E-state index in [1.807, 2.05) is 13.0 Å². The van der Waals surface area contributed by atoms with Crippen molar-refractivity contribution in [2.75, 3.05) is 13.6 Å². The number of aromatic nitrogens is 1. The fourth-order valence-corrected chi connectivity index (χ4v) is 2.04. The van der Waals surface area contributed by atoms with Crippen molar-refractivity contribution in [2.45, 2.75) is 26.4 Å². The van der Waals surface area contributed by atoms with Crippen LogP contribution in [0.3, 0.4) is 0 Å². The van der Waals surface area contributed by atoms with Gasteiger partial charge in [0.2, 0.25) is 0 Å². The first kappa shape index (κ1) is 15.3. The topological polar surface area (TPSA) is 66.6 Å². The molecule has 0 radical (unpaired) electrons. The molecule has 2 heterocycles. The monoisotopic (exact) mass is 288 g/mol. The van der Waals surface area contributed by atoms with Gasteiger partial charge >= 0.3 is 0 Å². The van der Waals surface area contributed by atoms with Crippen LogP contribution in [-0.2, 0) is 0 Å². The first-order chi connectivity index (χ1) is 9.99. The number of furan rings is 1. The zero-order chi connectivity index (χ0) is 15.4. The van der Waals surface area contributed by atoms with Crippen LogP contribution in [-0.4, -0.2) is 40.6 Å². The van der Waals surface area contributed by atoms with E-state index in [1.54, 1.807) is 43.3 Å². The lowest BCUT2D eigenvalue weighted by Crippen LogP contribution is -2.30. The molecule has 112 valence electrons. The number of aliphatic hydroxyl groups is 1. The van der Waals surface area contributed by atoms with Crippen molar-refractivity contribution < 1.29 is 14.3 Å². The molecule has 0 aliphatic carbocycles. The van der Waals surface area contributed by atoms with Gasteiger partial charge in [-0.15, -0.1) is 0 Å². The van der Waals surface area contributed by atoms with Crippen molar-refractivity contribution >= 4 is 5.91 Å². The van der Waals surface area contributed by atoms with Crippen molar-refractivity contribution in [1.29, 1.82) is 0 Å². The maximum absolute atomic E-state index is 12.4. The Labute approximate surface area is 124 Å². The van der Waals surface area contributed by atoms with Crippen LogP contribution in [0.1, 0.15) is 29.4 Å². The van der Waals surface area contributed by atoms with E-state index >= 15 is 0 Å². The van der Waals surface area contributed by atoms with Crippen LogP contribution in [0.2, 0.25) is 0 Å². The molecule has 5 heteroatoms. The quantitative estimate of drug-likeness (QED) is 0.918. The Bertz CT molecular complexity index is 606. The Hall–Kier alpha value is -2.14. The van der Waals surface area contributed by atoms with E-state index in [9.17, 15) is 9.90 Å². The van der Waals surface area contributed by atoms with Crippen LogP contribution >= 0.6 is 0 Å². The van der Waals surface area contributed by atoms with Gasteiger partial charge in [-0.25, -0.2) is 4.98 Å². The molecular formula is C16H20N2O3. The zero-order valence-corrected chi connectivity index (χ0v) is 12.5. The fourth-order valence-electron chi connectivity index (χ4n) is 2.04. The Balaban J connectivity index is 2.15. The third-order valence-corrected chi connectivity index (χ3v) is 3.32. The lowest BCUT2D eigenvalue weighted by Gasteiger charge is -2.19. The summed E-state index contributed by atoms with van der Waals surface area (Å²) in [5.74, 6) is 0.589. The molecule has 5 nitrogen and oxygen atoms in total. The molecule has 21 heavy (non-hydrogen) atoms. The summed E-state index contributed by atoms with van der Waals surface area (Å²) in [6, 6.07) is 7.18. The number of rotatable bonds is 5. The van der Waals surface area contributed by atoms with E-state index in [1.165, 1.54) is 0 Å². The number of amides is 1. The summed E-state index contributed by atoms with van der Waals surface area (Å²) >= 11 is 0. The summed E-state index contributed by atoms with van der Waals surface area (Å²) < 4.78 is 5.30. The van der Waals surface area contributed by atoms with E-state index in [4.69, 9.17) is 4.42 Å². The Morgan fingerprint density at radius 1 is 1.43 bits per heavy atom. The van der Waals surface area contributed by atoms with E-state index in [0.717, 1.165) is 0 Å². The number of aliphatic hydroxyl groups excluding tert-OH is 1. The molecule has 2 rings (SSSR count). The number of pyridine rings is 1. The molecule has 2 aromatic heterocycles. The predicted octanol–water partition coefficient (Wildman–Crippen LogP) is 2.49. The third-order valence-electron chi connectivity index (χ3n) is 3.32. The second kappa shape index (κ2) is 6.54. The maximum atomic E-state index is 12.4. The maximum Gasteiger partial charge on any atom is 0.255 e. The van der Waals surface area contributed by atoms with Gasteiger partial charge in [-0.3, -0.25) is 4.79 Å². The number of carbonyl (C=O) groups excluding carboxylic acids is 1. The van der Waals surface area contributed by atoms with E-state index in [0.29, 0.717) is 35.7 Å². The van der Waals surface area contributed by atoms with Crippen molar-refractivity contribution in [2.24, 2.45) is 0 Å². The molecule has 1 amide bonds. The van der Waals surface area contributed by atoms with Gasteiger partial charge in [-0.05, 0) is 44.5 Å². The number of carbonyl (C=O) groups is 1. The number of aryl methyl sites for hydroxylation is 1. The van der Waals surface area contributed by atoms with Crippen LogP contribution in [0, 0.1) is 6.92 Å². The molecule has 1 unspecified atom stereocenters. The van der Waals surface area contributed by atoms with Crippen molar-refractivity contribution in [3.05, 3.63) is 41.8 Å². The SMILES string of the molecule is Cc1nc(-c2ccco2)ccc1C(=O)N(C)CCC(C)O. The Morgan fingerprint density at radius 2 is 2.19 bits per heavy atom. The lowest BCUT2D eigenvalue weighted by atomic mass is 10.1. The fraction of sp³-hybridized carbons (Fsp3) is 0.375. The second-order valence-corrected chi connectivity index (χ2v) is 5.17. The van der Waals surface area contributed by atoms with Crippen molar-refractivity contribution in [3.8, 4) is 11.5 Å². The highest BCUT2D eigenvalue weighted by atomic mass is 16.3. The molecule has 0 spiro atoms. The van der Waals surface area contributed by atoms with Gasteiger partial charge in [0, 0.05) is 13.6 Å². The summed E-state index contributed by atoms with van der Waals surface area (Å²) in [5, 5.41) is 9.29. The van der Waals surface area contributed by atoms with Gasteiger partial charge in [0.05, 0.1) is 23.6 Å². The Morgan fingerprint density at radius 3 is 2.76 bits per heavy atom. The largest absolute Gasteiger partial charge is 0.463 e. The highest BCUT2D eigenvalue weighted by Gasteiger charge is 2.16. The summed E-state index contributed by atoms with van der Waals surface area (Å²) in [6.07, 6.45) is 1.73. The average Bonchev–Trinajstić information content (AvgIpc) is 2.98. The molecule has 0 bridgehead atoms. The molecule has 0 saturated carbocycles. The second-order valence-electron chi connectivity index (χ2n) is 5.17. The molecule has 1 atom stereocenters. The minimum atomic E-state index is -0.416. The minimum Gasteiger partial charge on any atom is -0.463 e. The van der Waals surface area contributed by atoms with E-state index < -0.39 is 6.10 Å². The van der Waals surface area contributed by atoms with E-state index in [-0.39, 0.29) is 5.91 Å². The van der Waals surface area contributed by atoms with Crippen molar-refractivity contribution in [3.63, 3.8) is 0 Å². The molecular weight excluding hydrogens is 268 g/mol. The lowest BCUT2D eigenvalue weighted by molar-refractivity contribution is 0.0768. The highest BCUT2D eigenvalue weighted by molar-refractivity contribution is 5.95. The first-order valence-electron chi connectivity index (χ1n) is 6.94. The highest BCUT2D eigenvalue weighted by Crippen LogP contribution is 2.20. The summed E-state index contributed by atoms with van der Waals surface area (Å²) in [7, 11) is 1.73. The average molecular weight is 288 g/mol. The number of nitrogens with zero attached hydrogens (tertiary/aromatic N) is 2. The molecule has 0 aromatic carbocycles. The summed E-state index contributed by atoms with van der Waals surface area (Å²) in [5.41, 5.74) is 1.94. The van der Waals surface area contributed by atoms with Crippen LogP contribution < -0.4 is 0 Å². The van der Waals surface area contributed by atoms with Crippen molar-refractivity contribution in [1.82, 2.24) is 9.88 Å². The third kappa shape index (κ3) is 3.70. The van der Waals surface area contributed by atoms with Crippen LogP contribution in [0.25, 0.3) is 11.5 Å². The van der Waals surface area contributed by atoms with E-state index in [2.05, 4.69) is 4.98 Å². The zero-order valence-electron chi connectivity index (χ0n) is 12.5. The molecule has 0 fully saturated rings. The number of hydrogen-bond acceptors (Lipinski definition) is 4. The van der Waals surface area contributed by atoms with Gasteiger partial charge in [0.25, 0.3) is 5.91 Å². The Kier molecular flexibility index (Phi) is 4.75. The van der Waals surface area contributed by atoms with Gasteiger partial charge in [-0.2, -0.15) is 0 Å². The molecule has 0 aliphatic heterocycles. The summed E-state index contributed by atoms with van der Waals surface area (Å²) in [4.78, 5) is 18.4. The molecule has 0 saturated heterocycles. The molecule has 0 aliphatic rings. The van der Waals surface area contributed by atoms with Crippen LogP contribution in [0.15, 0.2) is 34.9 Å². The minimum absolute atomic E-state index is 0.0911. The predicted molar refractivity (Wildman–Crippen MR) is 79.9 cm³/mol. The standard InChI is InChI=1S/C16H20N2O3/c1-11(19)8-9-18(3)16(20)13-6-7-14(17-12(13)2)15-5-4-10-21-15/h4-7,10-11,19H,8-9H2,1-3H3. The summed E-state index contributed by atoms with van der Waals surface area (Å²) in [6.45, 7) is 4.03. The van der Waals surface area contributed by atoms with Gasteiger partial charge in [-0.1, -0.05) is 0 Å². The van der Waals surface area contributed by atoms with Gasteiger partial charge in [0.15, 0.2) is 5.76 Å². The van der Waals surface area contributed by atoms with Gasteiger partial charge < -0.3 is 14.4 Å². The molecule has 1 N–H and O–H groups in total. The van der Waals surface area contributed by atoms with Crippen LogP contribution in [0.5, 0.6) is 0 Å². The van der Waals surface area contributed by atoms with Gasteiger partial charge in [0.1, 0.15) is 5.69 Å².